The number of rotatable bonds is 5. The molecule has 0 saturated heterocycles. The van der Waals surface area contributed by atoms with Gasteiger partial charge in [0.25, 0.3) is 0 Å². The van der Waals surface area contributed by atoms with Gasteiger partial charge in [-0.2, -0.15) is 0 Å². The first kappa shape index (κ1) is 24.1. The third kappa shape index (κ3) is 4.65. The number of carbonyl (C=O) groups excluding carboxylic acids is 2. The molecule has 0 saturated carbocycles. The molecule has 0 aliphatic heterocycles. The summed E-state index contributed by atoms with van der Waals surface area (Å²) in [4.78, 5) is 25.9. The highest BCUT2D eigenvalue weighted by Gasteiger charge is 2.37. The van der Waals surface area contributed by atoms with E-state index in [0.717, 1.165) is 16.7 Å². The maximum atomic E-state index is 13.0. The monoisotopic (exact) mass is 450 g/mol. The van der Waals surface area contributed by atoms with Gasteiger partial charge in [-0.1, -0.05) is 42.8 Å². The van der Waals surface area contributed by atoms with Crippen LogP contribution in [0.2, 0.25) is 0 Å². The minimum Gasteiger partial charge on any atom is -0.508 e. The summed E-state index contributed by atoms with van der Waals surface area (Å²) in [6.45, 7) is 10.7. The molecule has 2 aromatic carbocycles. The molecule has 2 N–H and O–H groups in total. The van der Waals surface area contributed by atoms with Crippen LogP contribution in [0.15, 0.2) is 58.9 Å². The van der Waals surface area contributed by atoms with E-state index in [1.54, 1.807) is 13.8 Å². The summed E-state index contributed by atoms with van der Waals surface area (Å²) in [5, 5.41) is 20.3. The van der Waals surface area contributed by atoms with Crippen molar-refractivity contribution in [3.8, 4) is 11.5 Å². The Bertz CT molecular complexity index is 1160. The van der Waals surface area contributed by atoms with Crippen LogP contribution in [0.4, 0.5) is 0 Å². The molecule has 6 nitrogen and oxygen atoms in total. The van der Waals surface area contributed by atoms with Crippen LogP contribution in [-0.2, 0) is 20.9 Å². The molecule has 1 aliphatic carbocycles. The molecule has 2 unspecified atom stereocenters. The largest absolute Gasteiger partial charge is 0.508 e. The molecule has 0 spiro atoms. The summed E-state index contributed by atoms with van der Waals surface area (Å²) >= 11 is 0. The minimum absolute atomic E-state index is 0.00750. The van der Waals surface area contributed by atoms with Gasteiger partial charge in [-0.05, 0) is 68.9 Å². The predicted molar refractivity (Wildman–Crippen MR) is 125 cm³/mol. The fraction of sp³-hybridized carbons (Fsp3) is 0.333. The molecule has 1 aliphatic rings. The van der Waals surface area contributed by atoms with Crippen molar-refractivity contribution < 1.29 is 29.3 Å². The van der Waals surface area contributed by atoms with Crippen LogP contribution in [0.3, 0.4) is 0 Å². The molecule has 0 aromatic heterocycles. The van der Waals surface area contributed by atoms with Crippen molar-refractivity contribution in [3.63, 3.8) is 0 Å². The summed E-state index contributed by atoms with van der Waals surface area (Å²) in [6.07, 6.45) is 0. The van der Waals surface area contributed by atoms with Gasteiger partial charge < -0.3 is 19.7 Å². The zero-order valence-electron chi connectivity index (χ0n) is 19.9. The van der Waals surface area contributed by atoms with Gasteiger partial charge in [-0.3, -0.25) is 4.79 Å². The fourth-order valence-electron chi connectivity index (χ4n) is 4.18. The quantitative estimate of drug-likeness (QED) is 0.585. The normalized spacial score (nSPS) is 18.4. The summed E-state index contributed by atoms with van der Waals surface area (Å²) in [6, 6.07) is 10.9. The molecule has 0 radical (unpaired) electrons. The second-order valence-corrected chi connectivity index (χ2v) is 8.63. The van der Waals surface area contributed by atoms with E-state index in [4.69, 9.17) is 9.47 Å². The first-order valence-electron chi connectivity index (χ1n) is 10.9. The Kier molecular flexibility index (Phi) is 6.96. The number of esters is 2. The Labute approximate surface area is 194 Å². The van der Waals surface area contributed by atoms with Gasteiger partial charge in [0.1, 0.15) is 29.4 Å². The highest BCUT2D eigenvalue weighted by Crippen LogP contribution is 2.41. The smallest absolute Gasteiger partial charge is 0.347 e. The number of phenols is 2. The first-order chi connectivity index (χ1) is 15.5. The molecule has 0 heterocycles. The van der Waals surface area contributed by atoms with Crippen LogP contribution >= 0.6 is 0 Å². The second kappa shape index (κ2) is 9.53. The molecular formula is C27H30O6. The fourth-order valence-corrected chi connectivity index (χ4v) is 4.18. The number of aryl methyl sites for hydroxylation is 1. The van der Waals surface area contributed by atoms with Crippen LogP contribution in [0.5, 0.6) is 11.5 Å². The topological polar surface area (TPSA) is 93.1 Å². The molecule has 33 heavy (non-hydrogen) atoms. The van der Waals surface area contributed by atoms with Gasteiger partial charge in [0, 0.05) is 5.56 Å². The average molecular weight is 451 g/mol. The van der Waals surface area contributed by atoms with Crippen LogP contribution in [0, 0.1) is 25.7 Å². The Balaban J connectivity index is 1.84. The average Bonchev–Trinajstić information content (AvgIpc) is 2.78. The molecule has 6 heteroatoms. The number of carbonyl (C=O) groups is 2. The number of benzene rings is 2. The third-order valence-electron chi connectivity index (χ3n) is 6.54. The van der Waals surface area contributed by atoms with Crippen molar-refractivity contribution in [1.82, 2.24) is 0 Å². The number of phenolic OH excluding ortho intramolecular Hbond substituents is 2. The van der Waals surface area contributed by atoms with Crippen LogP contribution in [0.25, 0.3) is 0 Å². The van der Waals surface area contributed by atoms with E-state index in [-0.39, 0.29) is 41.1 Å². The first-order valence-corrected chi connectivity index (χ1v) is 10.9. The molecule has 0 amide bonds. The lowest BCUT2D eigenvalue weighted by Crippen LogP contribution is -2.31. The van der Waals surface area contributed by atoms with E-state index in [9.17, 15) is 19.8 Å². The number of hydrogen-bond donors (Lipinski definition) is 2. The van der Waals surface area contributed by atoms with E-state index >= 15 is 0 Å². The Morgan fingerprint density at radius 2 is 1.61 bits per heavy atom. The van der Waals surface area contributed by atoms with E-state index in [2.05, 4.69) is 0 Å². The highest BCUT2D eigenvalue weighted by atomic mass is 16.5. The lowest BCUT2D eigenvalue weighted by molar-refractivity contribution is -0.149. The zero-order chi connectivity index (χ0) is 24.4. The second-order valence-electron chi connectivity index (χ2n) is 8.63. The highest BCUT2D eigenvalue weighted by molar-refractivity contribution is 5.96. The summed E-state index contributed by atoms with van der Waals surface area (Å²) < 4.78 is 11.3. The molecule has 0 fully saturated rings. The summed E-state index contributed by atoms with van der Waals surface area (Å²) in [5.74, 6) is -1.77. The molecule has 3 rings (SSSR count). The Hall–Kier alpha value is -3.54. The van der Waals surface area contributed by atoms with Gasteiger partial charge >= 0.3 is 11.9 Å². The molecular weight excluding hydrogens is 420 g/mol. The van der Waals surface area contributed by atoms with Crippen molar-refractivity contribution in [2.75, 3.05) is 0 Å². The van der Waals surface area contributed by atoms with Crippen molar-refractivity contribution in [1.29, 1.82) is 0 Å². The van der Waals surface area contributed by atoms with E-state index in [1.807, 2.05) is 51.1 Å². The SMILES string of the molecule is CC1=C(C)C(C(=O)OCc2ccccc2)C(C)C(C)=C1OC(=O)c1c(C)cc(O)c(C)c1O. The third-order valence-corrected chi connectivity index (χ3v) is 6.54. The molecule has 2 atom stereocenters. The molecule has 0 bridgehead atoms. The standard InChI is InChI=1S/C27H30O6/c1-14-12-21(28)19(6)24(29)22(14)27(31)33-25-17(4)15(2)23(16(3)18(25)5)26(30)32-13-20-10-8-7-9-11-20/h7-12,15,23,28-29H,13H2,1-6H3. The van der Waals surface area contributed by atoms with Gasteiger partial charge in [0.05, 0.1) is 5.92 Å². The Morgan fingerprint density at radius 3 is 2.24 bits per heavy atom. The van der Waals surface area contributed by atoms with Gasteiger partial charge in [0.2, 0.25) is 0 Å². The number of hydrogen-bond acceptors (Lipinski definition) is 6. The van der Waals surface area contributed by atoms with Gasteiger partial charge in [0.15, 0.2) is 0 Å². The van der Waals surface area contributed by atoms with Crippen LogP contribution in [0.1, 0.15) is 54.7 Å². The van der Waals surface area contributed by atoms with Crippen LogP contribution < -0.4 is 0 Å². The number of allylic oxidation sites excluding steroid dienone is 2. The van der Waals surface area contributed by atoms with E-state index < -0.39 is 11.9 Å². The lowest BCUT2D eigenvalue weighted by atomic mass is 9.76. The van der Waals surface area contributed by atoms with Crippen molar-refractivity contribution in [2.45, 2.75) is 48.1 Å². The Morgan fingerprint density at radius 1 is 0.970 bits per heavy atom. The van der Waals surface area contributed by atoms with Gasteiger partial charge in [-0.25, -0.2) is 4.79 Å². The predicted octanol–water partition coefficient (Wildman–Crippen LogP) is 5.49. The summed E-state index contributed by atoms with van der Waals surface area (Å²) in [5.41, 5.74) is 3.75. The lowest BCUT2D eigenvalue weighted by Gasteiger charge is -2.32. The maximum absolute atomic E-state index is 13.0. The number of ether oxygens (including phenoxy) is 2. The van der Waals surface area contributed by atoms with Crippen molar-refractivity contribution >= 4 is 11.9 Å². The number of aromatic hydroxyl groups is 2. The summed E-state index contributed by atoms with van der Waals surface area (Å²) in [7, 11) is 0. The minimum atomic E-state index is -0.716. The van der Waals surface area contributed by atoms with Crippen LogP contribution in [-0.4, -0.2) is 22.2 Å². The van der Waals surface area contributed by atoms with E-state index in [0.29, 0.717) is 16.9 Å². The van der Waals surface area contributed by atoms with E-state index in [1.165, 1.54) is 13.0 Å². The maximum Gasteiger partial charge on any atom is 0.347 e. The van der Waals surface area contributed by atoms with Gasteiger partial charge in [-0.15, -0.1) is 0 Å². The molecule has 174 valence electrons. The molecule has 2 aromatic rings. The van der Waals surface area contributed by atoms with Crippen molar-refractivity contribution in [3.05, 3.63) is 81.1 Å². The van der Waals surface area contributed by atoms with Crippen molar-refractivity contribution in [2.24, 2.45) is 11.8 Å². The zero-order valence-corrected chi connectivity index (χ0v) is 19.9.